The van der Waals surface area contributed by atoms with Gasteiger partial charge in [-0.2, -0.15) is 0 Å². The van der Waals surface area contributed by atoms with Gasteiger partial charge in [0.2, 0.25) is 0 Å². The first-order chi connectivity index (χ1) is 9.20. The summed E-state index contributed by atoms with van der Waals surface area (Å²) in [5, 5.41) is 3.53. The standard InChI is InChI=1S/C16H23F2N/c1-2-19-16(13-5-3-4-6-13)10-8-12-7-9-14(17)11-15(12)18/h7,9,11,13,16,19H,2-6,8,10H2,1H3. The first-order valence-corrected chi connectivity index (χ1v) is 7.38. The Labute approximate surface area is 114 Å². The molecule has 1 unspecified atom stereocenters. The molecule has 0 bridgehead atoms. The van der Waals surface area contributed by atoms with E-state index in [0.717, 1.165) is 24.9 Å². The van der Waals surface area contributed by atoms with Crippen molar-refractivity contribution in [3.05, 3.63) is 35.4 Å². The minimum absolute atomic E-state index is 0.415. The highest BCUT2D eigenvalue weighted by Crippen LogP contribution is 2.29. The second-order valence-electron chi connectivity index (χ2n) is 5.48. The molecule has 1 aliphatic carbocycles. The number of hydrogen-bond donors (Lipinski definition) is 1. The Kier molecular flexibility index (Phi) is 5.32. The Morgan fingerprint density at radius 1 is 1.26 bits per heavy atom. The molecule has 1 N–H and O–H groups in total. The van der Waals surface area contributed by atoms with Gasteiger partial charge in [-0.3, -0.25) is 0 Å². The van der Waals surface area contributed by atoms with E-state index in [0.29, 0.717) is 18.0 Å². The van der Waals surface area contributed by atoms with Crippen LogP contribution in [0.5, 0.6) is 0 Å². The van der Waals surface area contributed by atoms with E-state index in [1.807, 2.05) is 0 Å². The van der Waals surface area contributed by atoms with Crippen molar-refractivity contribution < 1.29 is 8.78 Å². The molecule has 0 radical (unpaired) electrons. The van der Waals surface area contributed by atoms with Crippen molar-refractivity contribution in [2.24, 2.45) is 5.92 Å². The molecule has 0 aliphatic heterocycles. The topological polar surface area (TPSA) is 12.0 Å². The molecule has 0 amide bonds. The summed E-state index contributed by atoms with van der Waals surface area (Å²) >= 11 is 0. The molecule has 0 aromatic heterocycles. The van der Waals surface area contributed by atoms with E-state index < -0.39 is 11.6 Å². The summed E-state index contributed by atoms with van der Waals surface area (Å²) in [6, 6.07) is 4.36. The zero-order chi connectivity index (χ0) is 13.7. The molecule has 1 fully saturated rings. The minimum atomic E-state index is -0.500. The monoisotopic (exact) mass is 267 g/mol. The lowest BCUT2D eigenvalue weighted by Crippen LogP contribution is -2.35. The van der Waals surface area contributed by atoms with Crippen LogP contribution in [-0.2, 0) is 6.42 Å². The van der Waals surface area contributed by atoms with Crippen LogP contribution in [0.1, 0.15) is 44.6 Å². The largest absolute Gasteiger partial charge is 0.314 e. The zero-order valence-corrected chi connectivity index (χ0v) is 11.6. The van der Waals surface area contributed by atoms with Crippen LogP contribution in [0, 0.1) is 17.6 Å². The van der Waals surface area contributed by atoms with E-state index in [-0.39, 0.29) is 0 Å². The van der Waals surface area contributed by atoms with Crippen molar-refractivity contribution in [1.82, 2.24) is 5.32 Å². The molecule has 0 heterocycles. The van der Waals surface area contributed by atoms with Gasteiger partial charge in [-0.15, -0.1) is 0 Å². The Balaban J connectivity index is 1.93. The number of benzene rings is 1. The molecule has 106 valence electrons. The van der Waals surface area contributed by atoms with Crippen molar-refractivity contribution in [1.29, 1.82) is 0 Å². The average Bonchev–Trinajstić information content (AvgIpc) is 2.90. The molecule has 1 nitrogen and oxygen atoms in total. The van der Waals surface area contributed by atoms with Gasteiger partial charge in [-0.25, -0.2) is 8.78 Å². The van der Waals surface area contributed by atoms with Crippen molar-refractivity contribution in [2.45, 2.75) is 51.5 Å². The number of halogens is 2. The van der Waals surface area contributed by atoms with Crippen LogP contribution in [0.15, 0.2) is 18.2 Å². The second kappa shape index (κ2) is 6.99. The van der Waals surface area contributed by atoms with Crippen LogP contribution in [0.3, 0.4) is 0 Å². The van der Waals surface area contributed by atoms with Crippen molar-refractivity contribution in [3.8, 4) is 0 Å². The Hall–Kier alpha value is -0.960. The maximum atomic E-state index is 13.6. The predicted octanol–water partition coefficient (Wildman–Crippen LogP) is 4.07. The van der Waals surface area contributed by atoms with Gasteiger partial charge in [0.1, 0.15) is 11.6 Å². The van der Waals surface area contributed by atoms with E-state index >= 15 is 0 Å². The van der Waals surface area contributed by atoms with E-state index in [4.69, 9.17) is 0 Å². The summed E-state index contributed by atoms with van der Waals surface area (Å²) in [6.07, 6.45) is 6.81. The van der Waals surface area contributed by atoms with Gasteiger partial charge < -0.3 is 5.32 Å². The maximum absolute atomic E-state index is 13.6. The number of aryl methyl sites for hydroxylation is 1. The molecule has 1 atom stereocenters. The summed E-state index contributed by atoms with van der Waals surface area (Å²) in [4.78, 5) is 0. The van der Waals surface area contributed by atoms with E-state index in [1.165, 1.54) is 31.7 Å². The third-order valence-electron chi connectivity index (χ3n) is 4.17. The number of nitrogens with one attached hydrogen (secondary N) is 1. The molecule has 0 spiro atoms. The molecule has 19 heavy (non-hydrogen) atoms. The van der Waals surface area contributed by atoms with Gasteiger partial charge in [0.15, 0.2) is 0 Å². The molecule has 2 rings (SSSR count). The summed E-state index contributed by atoms with van der Waals surface area (Å²) < 4.78 is 26.5. The zero-order valence-electron chi connectivity index (χ0n) is 11.6. The average molecular weight is 267 g/mol. The van der Waals surface area contributed by atoms with Crippen LogP contribution in [-0.4, -0.2) is 12.6 Å². The Bertz CT molecular complexity index is 400. The number of rotatable bonds is 6. The Morgan fingerprint density at radius 3 is 2.63 bits per heavy atom. The fraction of sp³-hybridized carbons (Fsp3) is 0.625. The van der Waals surface area contributed by atoms with Crippen molar-refractivity contribution in [2.75, 3.05) is 6.54 Å². The van der Waals surface area contributed by atoms with E-state index in [9.17, 15) is 8.78 Å². The fourth-order valence-electron chi connectivity index (χ4n) is 3.16. The third-order valence-corrected chi connectivity index (χ3v) is 4.17. The van der Waals surface area contributed by atoms with Gasteiger partial charge in [0.25, 0.3) is 0 Å². The molecule has 3 heteroatoms. The van der Waals surface area contributed by atoms with Crippen LogP contribution in [0.25, 0.3) is 0 Å². The molecular weight excluding hydrogens is 244 g/mol. The molecule has 1 saturated carbocycles. The fourth-order valence-corrected chi connectivity index (χ4v) is 3.16. The molecule has 1 aromatic rings. The summed E-state index contributed by atoms with van der Waals surface area (Å²) in [5.74, 6) is -0.189. The highest BCUT2D eigenvalue weighted by Gasteiger charge is 2.24. The third kappa shape index (κ3) is 4.00. The lowest BCUT2D eigenvalue weighted by atomic mass is 9.92. The molecular formula is C16H23F2N. The Morgan fingerprint density at radius 2 is 2.00 bits per heavy atom. The summed E-state index contributed by atoms with van der Waals surface area (Å²) in [5.41, 5.74) is 0.627. The van der Waals surface area contributed by atoms with Gasteiger partial charge in [0, 0.05) is 12.1 Å². The summed E-state index contributed by atoms with van der Waals surface area (Å²) in [6.45, 7) is 3.06. The SMILES string of the molecule is CCNC(CCc1ccc(F)cc1F)C1CCCC1. The van der Waals surface area contributed by atoms with Crippen LogP contribution < -0.4 is 5.32 Å². The van der Waals surface area contributed by atoms with Crippen molar-refractivity contribution in [3.63, 3.8) is 0 Å². The lowest BCUT2D eigenvalue weighted by molar-refractivity contribution is 0.345. The van der Waals surface area contributed by atoms with Crippen molar-refractivity contribution >= 4 is 0 Å². The molecule has 1 aliphatic rings. The first kappa shape index (κ1) is 14.4. The van der Waals surface area contributed by atoms with E-state index in [1.54, 1.807) is 6.07 Å². The molecule has 1 aromatic carbocycles. The second-order valence-corrected chi connectivity index (χ2v) is 5.48. The van der Waals surface area contributed by atoms with Gasteiger partial charge in [-0.05, 0) is 49.8 Å². The van der Waals surface area contributed by atoms with Gasteiger partial charge in [-0.1, -0.05) is 25.8 Å². The maximum Gasteiger partial charge on any atom is 0.129 e. The highest BCUT2D eigenvalue weighted by atomic mass is 19.1. The quantitative estimate of drug-likeness (QED) is 0.819. The summed E-state index contributed by atoms with van der Waals surface area (Å²) in [7, 11) is 0. The van der Waals surface area contributed by atoms with Crippen LogP contribution in [0.2, 0.25) is 0 Å². The first-order valence-electron chi connectivity index (χ1n) is 7.38. The smallest absolute Gasteiger partial charge is 0.129 e. The lowest BCUT2D eigenvalue weighted by Gasteiger charge is -2.24. The molecule has 0 saturated heterocycles. The van der Waals surface area contributed by atoms with Crippen LogP contribution >= 0.6 is 0 Å². The highest BCUT2D eigenvalue weighted by molar-refractivity contribution is 5.18. The normalized spacial score (nSPS) is 17.8. The predicted molar refractivity (Wildman–Crippen MR) is 74.1 cm³/mol. The minimum Gasteiger partial charge on any atom is -0.314 e. The van der Waals surface area contributed by atoms with Crippen LogP contribution in [0.4, 0.5) is 8.78 Å². The van der Waals surface area contributed by atoms with Gasteiger partial charge >= 0.3 is 0 Å². The number of hydrogen-bond acceptors (Lipinski definition) is 1. The van der Waals surface area contributed by atoms with Gasteiger partial charge in [0.05, 0.1) is 0 Å². The van der Waals surface area contributed by atoms with E-state index in [2.05, 4.69) is 12.2 Å².